The van der Waals surface area contributed by atoms with E-state index in [1.807, 2.05) is 50.4 Å². The number of halogens is 1. The molecule has 5 nitrogen and oxygen atoms in total. The molecule has 0 aliphatic carbocycles. The first-order chi connectivity index (χ1) is 12.2. The van der Waals surface area contributed by atoms with Crippen molar-refractivity contribution in [1.29, 1.82) is 0 Å². The van der Waals surface area contributed by atoms with Gasteiger partial charge in [0, 0.05) is 16.0 Å². The lowest BCUT2D eigenvalue weighted by Gasteiger charge is -2.13. The maximum atomic E-state index is 12.6. The third kappa shape index (κ3) is 4.47. The summed E-state index contributed by atoms with van der Waals surface area (Å²) < 4.78 is 0. The van der Waals surface area contributed by atoms with Crippen molar-refractivity contribution in [2.75, 3.05) is 0 Å². The number of aromatic nitrogens is 2. The Morgan fingerprint density at radius 2 is 2.04 bits per heavy atom. The van der Waals surface area contributed by atoms with E-state index in [0.29, 0.717) is 32.0 Å². The van der Waals surface area contributed by atoms with Crippen LogP contribution in [0.15, 0.2) is 39.4 Å². The summed E-state index contributed by atoms with van der Waals surface area (Å²) in [7, 11) is 0. The highest BCUT2D eigenvalue weighted by atomic mass is 35.5. The molecule has 3 aromatic rings. The van der Waals surface area contributed by atoms with Crippen molar-refractivity contribution in [3.8, 4) is 11.1 Å². The lowest BCUT2D eigenvalue weighted by molar-refractivity contribution is 0.585. The van der Waals surface area contributed by atoms with E-state index in [4.69, 9.17) is 17.3 Å². The van der Waals surface area contributed by atoms with Crippen LogP contribution in [0.3, 0.4) is 0 Å². The largest absolute Gasteiger partial charge is 0.379 e. The average molecular weight is 407 g/mol. The van der Waals surface area contributed by atoms with Crippen LogP contribution in [0.4, 0.5) is 0 Å². The second-order valence-electron chi connectivity index (χ2n) is 6.76. The van der Waals surface area contributed by atoms with Gasteiger partial charge in [0.2, 0.25) is 0 Å². The number of amidine groups is 1. The van der Waals surface area contributed by atoms with E-state index in [0.717, 1.165) is 11.1 Å². The molecule has 3 N–H and O–H groups in total. The van der Waals surface area contributed by atoms with Gasteiger partial charge in [-0.3, -0.25) is 9.79 Å². The molecular formula is C18H19ClN4OS2. The third-order valence-corrected chi connectivity index (χ3v) is 5.38. The van der Waals surface area contributed by atoms with Gasteiger partial charge in [0.25, 0.3) is 5.56 Å². The van der Waals surface area contributed by atoms with Gasteiger partial charge >= 0.3 is 0 Å². The summed E-state index contributed by atoms with van der Waals surface area (Å²) in [5.74, 6) is 1.05. The molecule has 136 valence electrons. The van der Waals surface area contributed by atoms with Gasteiger partial charge in [0.15, 0.2) is 5.17 Å². The minimum Gasteiger partial charge on any atom is -0.379 e. The summed E-state index contributed by atoms with van der Waals surface area (Å²) in [5, 5.41) is 3.69. The molecule has 1 aromatic carbocycles. The molecule has 0 amide bonds. The number of H-pyrrole nitrogens is 1. The predicted molar refractivity (Wildman–Crippen MR) is 113 cm³/mol. The molecule has 2 heterocycles. The van der Waals surface area contributed by atoms with Crippen molar-refractivity contribution in [2.24, 2.45) is 10.7 Å². The molecule has 0 atom stereocenters. The zero-order chi connectivity index (χ0) is 18.9. The van der Waals surface area contributed by atoms with Crippen molar-refractivity contribution in [1.82, 2.24) is 9.97 Å². The number of rotatable bonds is 3. The molecule has 0 bridgehead atoms. The van der Waals surface area contributed by atoms with E-state index in [1.54, 1.807) is 0 Å². The molecular weight excluding hydrogens is 388 g/mol. The highest BCUT2D eigenvalue weighted by molar-refractivity contribution is 8.13. The number of benzene rings is 1. The van der Waals surface area contributed by atoms with Gasteiger partial charge in [0.1, 0.15) is 10.7 Å². The highest BCUT2D eigenvalue weighted by Crippen LogP contribution is 2.31. The normalized spacial score (nSPS) is 12.7. The van der Waals surface area contributed by atoms with Crippen molar-refractivity contribution in [2.45, 2.75) is 32.1 Å². The van der Waals surface area contributed by atoms with Crippen molar-refractivity contribution in [3.63, 3.8) is 0 Å². The van der Waals surface area contributed by atoms with Crippen LogP contribution in [-0.2, 0) is 5.75 Å². The van der Waals surface area contributed by atoms with Crippen LogP contribution in [0.5, 0.6) is 0 Å². The molecule has 0 aliphatic heterocycles. The zero-order valence-corrected chi connectivity index (χ0v) is 17.1. The van der Waals surface area contributed by atoms with Crippen LogP contribution >= 0.6 is 34.7 Å². The fourth-order valence-electron chi connectivity index (χ4n) is 2.41. The fourth-order valence-corrected chi connectivity index (χ4v) is 4.26. The van der Waals surface area contributed by atoms with E-state index < -0.39 is 0 Å². The molecule has 0 fully saturated rings. The summed E-state index contributed by atoms with van der Waals surface area (Å²) >= 11 is 8.76. The summed E-state index contributed by atoms with van der Waals surface area (Å²) in [6, 6.07) is 7.42. The second kappa shape index (κ2) is 7.42. The van der Waals surface area contributed by atoms with Crippen LogP contribution in [-0.4, -0.2) is 20.7 Å². The summed E-state index contributed by atoms with van der Waals surface area (Å²) in [6.07, 6.45) is 0. The second-order valence-corrected chi connectivity index (χ2v) is 9.05. The van der Waals surface area contributed by atoms with E-state index >= 15 is 0 Å². The first-order valence-electron chi connectivity index (χ1n) is 7.97. The average Bonchev–Trinajstić information content (AvgIpc) is 2.96. The molecule has 0 saturated heterocycles. The number of fused-ring (bicyclic) bond motifs is 1. The molecule has 2 aromatic heterocycles. The number of aliphatic imine (C=N–C) groups is 1. The van der Waals surface area contributed by atoms with Crippen LogP contribution in [0.25, 0.3) is 21.3 Å². The fraction of sp³-hybridized carbons (Fsp3) is 0.278. The number of hydrogen-bond donors (Lipinski definition) is 2. The van der Waals surface area contributed by atoms with Crippen molar-refractivity contribution < 1.29 is 0 Å². The Hall–Kier alpha value is -1.83. The molecule has 0 unspecified atom stereocenters. The number of nitrogens with zero attached hydrogens (tertiary/aromatic N) is 2. The SMILES string of the molecule is CC(C)(C)N=C(N)SCc1nc2scc(-c3ccc(Cl)cc3)c2c(=O)[nH]1. The Kier molecular flexibility index (Phi) is 5.41. The number of nitrogens with two attached hydrogens (primary N) is 1. The Labute approximate surface area is 164 Å². The van der Waals surface area contributed by atoms with Gasteiger partial charge in [0.05, 0.1) is 16.7 Å². The number of nitrogens with one attached hydrogen (secondary N) is 1. The maximum Gasteiger partial charge on any atom is 0.260 e. The van der Waals surface area contributed by atoms with E-state index in [9.17, 15) is 4.79 Å². The van der Waals surface area contributed by atoms with Gasteiger partial charge < -0.3 is 10.7 Å². The van der Waals surface area contributed by atoms with Crippen LogP contribution in [0.2, 0.25) is 5.02 Å². The molecule has 0 saturated carbocycles. The number of hydrogen-bond acceptors (Lipinski definition) is 5. The van der Waals surface area contributed by atoms with Crippen LogP contribution in [0, 0.1) is 0 Å². The minimum atomic E-state index is -0.233. The molecule has 0 spiro atoms. The number of aromatic amines is 1. The number of thioether (sulfide) groups is 1. The first kappa shape index (κ1) is 18.9. The maximum absolute atomic E-state index is 12.6. The van der Waals surface area contributed by atoms with Crippen LogP contribution in [0.1, 0.15) is 26.6 Å². The lowest BCUT2D eigenvalue weighted by atomic mass is 10.1. The summed E-state index contributed by atoms with van der Waals surface area (Å²) in [4.78, 5) is 25.1. The zero-order valence-electron chi connectivity index (χ0n) is 14.7. The summed E-state index contributed by atoms with van der Waals surface area (Å²) in [6.45, 7) is 5.95. The van der Waals surface area contributed by atoms with Gasteiger partial charge in [-0.25, -0.2) is 4.98 Å². The molecule has 0 aliphatic rings. The van der Waals surface area contributed by atoms with Crippen LogP contribution < -0.4 is 11.3 Å². The Morgan fingerprint density at radius 3 is 2.69 bits per heavy atom. The number of thiophene rings is 1. The molecule has 8 heteroatoms. The summed E-state index contributed by atoms with van der Waals surface area (Å²) in [5.41, 5.74) is 7.36. The van der Waals surface area contributed by atoms with Crippen molar-refractivity contribution >= 4 is 50.1 Å². The lowest BCUT2D eigenvalue weighted by Crippen LogP contribution is -2.18. The quantitative estimate of drug-likeness (QED) is 0.489. The Balaban J connectivity index is 1.89. The van der Waals surface area contributed by atoms with Gasteiger partial charge in [-0.05, 0) is 38.5 Å². The molecule has 3 rings (SSSR count). The topological polar surface area (TPSA) is 84.1 Å². The minimum absolute atomic E-state index is 0.150. The predicted octanol–water partition coefficient (Wildman–Crippen LogP) is 4.65. The third-order valence-electron chi connectivity index (χ3n) is 3.45. The van der Waals surface area contributed by atoms with E-state index in [-0.39, 0.29) is 11.1 Å². The van der Waals surface area contributed by atoms with Crippen molar-refractivity contribution in [3.05, 3.63) is 50.8 Å². The van der Waals surface area contributed by atoms with Gasteiger partial charge in [-0.2, -0.15) is 0 Å². The van der Waals surface area contributed by atoms with Gasteiger partial charge in [-0.15, -0.1) is 11.3 Å². The van der Waals surface area contributed by atoms with E-state index in [1.165, 1.54) is 23.1 Å². The Morgan fingerprint density at radius 1 is 1.35 bits per heavy atom. The van der Waals surface area contributed by atoms with E-state index in [2.05, 4.69) is 15.0 Å². The smallest absolute Gasteiger partial charge is 0.260 e. The monoisotopic (exact) mass is 406 g/mol. The molecule has 26 heavy (non-hydrogen) atoms. The first-order valence-corrected chi connectivity index (χ1v) is 10.2. The van der Waals surface area contributed by atoms with Gasteiger partial charge in [-0.1, -0.05) is 35.5 Å². The Bertz CT molecular complexity index is 1020. The highest BCUT2D eigenvalue weighted by Gasteiger charge is 2.14. The standard InChI is InChI=1S/C18H19ClN4OS2/c1-18(2,3)23-17(20)26-9-13-21-15(24)14-12(8-25-16(14)22-13)10-4-6-11(19)7-5-10/h4-8H,9H2,1-3H3,(H2,20,23)(H,21,22,24). The molecule has 0 radical (unpaired) electrons.